The Morgan fingerprint density at radius 3 is 2.45 bits per heavy atom. The molecule has 1 saturated heterocycles. The number of carbonyl (C=O) groups excluding carboxylic acids is 1. The molecule has 2 aromatic rings. The molecule has 1 aliphatic heterocycles. The summed E-state index contributed by atoms with van der Waals surface area (Å²) in [6.07, 6.45) is -0.524. The van der Waals surface area contributed by atoms with Crippen LogP contribution in [0.25, 0.3) is 0 Å². The molecule has 9 nitrogen and oxygen atoms in total. The average Bonchev–Trinajstić information content (AvgIpc) is 2.72. The van der Waals surface area contributed by atoms with Crippen molar-refractivity contribution >= 4 is 21.8 Å². The van der Waals surface area contributed by atoms with E-state index in [1.807, 2.05) is 30.3 Å². The van der Waals surface area contributed by atoms with Crippen molar-refractivity contribution in [2.45, 2.75) is 24.5 Å². The van der Waals surface area contributed by atoms with Crippen molar-refractivity contribution in [3.8, 4) is 0 Å². The lowest BCUT2D eigenvalue weighted by molar-refractivity contribution is -0.387. The molecule has 1 amide bonds. The van der Waals surface area contributed by atoms with Crippen molar-refractivity contribution in [1.82, 2.24) is 9.21 Å². The third-order valence-electron chi connectivity index (χ3n) is 4.71. The van der Waals surface area contributed by atoms with Gasteiger partial charge in [-0.15, -0.1) is 0 Å². The summed E-state index contributed by atoms with van der Waals surface area (Å²) >= 11 is 0. The van der Waals surface area contributed by atoms with E-state index in [2.05, 4.69) is 0 Å². The first-order valence-corrected chi connectivity index (χ1v) is 10.5. The molecule has 2 aromatic carbocycles. The highest BCUT2D eigenvalue weighted by Crippen LogP contribution is 2.28. The Hall–Kier alpha value is -2.98. The van der Waals surface area contributed by atoms with Crippen molar-refractivity contribution in [1.29, 1.82) is 0 Å². The van der Waals surface area contributed by atoms with Crippen LogP contribution in [-0.2, 0) is 21.4 Å². The van der Waals surface area contributed by atoms with E-state index in [0.717, 1.165) is 11.6 Å². The van der Waals surface area contributed by atoms with Crippen molar-refractivity contribution in [2.24, 2.45) is 0 Å². The summed E-state index contributed by atoms with van der Waals surface area (Å²) in [6.45, 7) is 2.02. The van der Waals surface area contributed by atoms with Crippen LogP contribution in [0.3, 0.4) is 0 Å². The first-order chi connectivity index (χ1) is 13.8. The van der Waals surface area contributed by atoms with E-state index in [4.69, 9.17) is 4.74 Å². The predicted molar refractivity (Wildman–Crippen MR) is 105 cm³/mol. The summed E-state index contributed by atoms with van der Waals surface area (Å²) in [6, 6.07) is 14.0. The lowest BCUT2D eigenvalue weighted by Crippen LogP contribution is -2.55. The van der Waals surface area contributed by atoms with Gasteiger partial charge in [-0.05, 0) is 18.6 Å². The highest BCUT2D eigenvalue weighted by Gasteiger charge is 2.37. The number of carbonyl (C=O) groups is 1. The summed E-state index contributed by atoms with van der Waals surface area (Å²) in [7, 11) is -4.06. The Kier molecular flexibility index (Phi) is 6.14. The van der Waals surface area contributed by atoms with E-state index in [-0.39, 0.29) is 31.1 Å². The van der Waals surface area contributed by atoms with Gasteiger partial charge in [0.05, 0.1) is 4.92 Å². The number of hydrogen-bond donors (Lipinski definition) is 0. The SMILES string of the molecule is C[C@@H]1CN(S(=O)(=O)c2ccccc2[N+](=O)[O-])CCN1C(=O)OCc1ccccc1. The molecule has 29 heavy (non-hydrogen) atoms. The maximum absolute atomic E-state index is 12.9. The summed E-state index contributed by atoms with van der Waals surface area (Å²) in [5.41, 5.74) is 0.385. The Balaban J connectivity index is 1.68. The maximum Gasteiger partial charge on any atom is 0.410 e. The number of hydrogen-bond acceptors (Lipinski definition) is 6. The number of ether oxygens (including phenoxy) is 1. The maximum atomic E-state index is 12.9. The van der Waals surface area contributed by atoms with E-state index < -0.39 is 32.8 Å². The van der Waals surface area contributed by atoms with E-state index >= 15 is 0 Å². The lowest BCUT2D eigenvalue weighted by Gasteiger charge is -2.38. The van der Waals surface area contributed by atoms with E-state index in [9.17, 15) is 23.3 Å². The van der Waals surface area contributed by atoms with Crippen LogP contribution in [0.5, 0.6) is 0 Å². The van der Waals surface area contributed by atoms with Gasteiger partial charge in [0.25, 0.3) is 5.69 Å². The molecule has 1 aliphatic rings. The first-order valence-electron chi connectivity index (χ1n) is 9.01. The number of benzene rings is 2. The molecule has 154 valence electrons. The second-order valence-corrected chi connectivity index (χ2v) is 8.58. The molecule has 0 saturated carbocycles. The van der Waals surface area contributed by atoms with Crippen LogP contribution >= 0.6 is 0 Å². The van der Waals surface area contributed by atoms with Gasteiger partial charge in [-0.3, -0.25) is 10.1 Å². The third kappa shape index (κ3) is 4.54. The molecular formula is C19H21N3O6S. The van der Waals surface area contributed by atoms with Crippen LogP contribution in [0.2, 0.25) is 0 Å². The van der Waals surface area contributed by atoms with Crippen LogP contribution < -0.4 is 0 Å². The molecule has 0 radical (unpaired) electrons. The zero-order valence-corrected chi connectivity index (χ0v) is 16.6. The minimum Gasteiger partial charge on any atom is -0.445 e. The standard InChI is InChI=1S/C19H21N3O6S/c1-15-13-20(29(26,27)18-10-6-5-9-17(18)22(24)25)11-12-21(15)19(23)28-14-16-7-3-2-4-8-16/h2-10,15H,11-14H2,1H3/t15-/m1/s1. The highest BCUT2D eigenvalue weighted by molar-refractivity contribution is 7.89. The van der Waals surface area contributed by atoms with E-state index in [1.165, 1.54) is 27.4 Å². The molecule has 1 atom stereocenters. The van der Waals surface area contributed by atoms with Gasteiger partial charge in [0.2, 0.25) is 10.0 Å². The molecule has 10 heteroatoms. The van der Waals surface area contributed by atoms with Crippen LogP contribution in [0.1, 0.15) is 12.5 Å². The van der Waals surface area contributed by atoms with E-state index in [0.29, 0.717) is 0 Å². The predicted octanol–water partition coefficient (Wildman–Crippen LogP) is 2.63. The van der Waals surface area contributed by atoms with Gasteiger partial charge in [-0.1, -0.05) is 42.5 Å². The Morgan fingerprint density at radius 2 is 1.79 bits per heavy atom. The largest absolute Gasteiger partial charge is 0.445 e. The number of para-hydroxylation sites is 1. The minimum atomic E-state index is -4.06. The number of sulfonamides is 1. The molecule has 0 aliphatic carbocycles. The van der Waals surface area contributed by atoms with Gasteiger partial charge in [0.1, 0.15) is 6.61 Å². The van der Waals surface area contributed by atoms with E-state index in [1.54, 1.807) is 6.92 Å². The quantitative estimate of drug-likeness (QED) is 0.544. The zero-order chi connectivity index (χ0) is 21.0. The highest BCUT2D eigenvalue weighted by atomic mass is 32.2. The number of amides is 1. The molecule has 1 fully saturated rings. The number of nitrogens with zero attached hydrogens (tertiary/aromatic N) is 3. The Labute approximate surface area is 168 Å². The van der Waals surface area contributed by atoms with Gasteiger partial charge < -0.3 is 9.64 Å². The molecule has 0 unspecified atom stereocenters. The van der Waals surface area contributed by atoms with Crippen molar-refractivity contribution < 1.29 is 22.9 Å². The van der Waals surface area contributed by atoms with Gasteiger partial charge in [0.15, 0.2) is 4.90 Å². The second kappa shape index (κ2) is 8.58. The molecule has 0 aromatic heterocycles. The fraction of sp³-hybridized carbons (Fsp3) is 0.316. The van der Waals surface area contributed by atoms with Gasteiger partial charge in [-0.2, -0.15) is 4.31 Å². The summed E-state index contributed by atoms with van der Waals surface area (Å²) in [5.74, 6) is 0. The van der Waals surface area contributed by atoms with Crippen LogP contribution in [0.15, 0.2) is 59.5 Å². The second-order valence-electron chi connectivity index (χ2n) is 6.67. The number of piperazine rings is 1. The summed E-state index contributed by atoms with van der Waals surface area (Å²) in [4.78, 5) is 24.0. The van der Waals surface area contributed by atoms with Crippen molar-refractivity contribution in [3.05, 3.63) is 70.3 Å². The van der Waals surface area contributed by atoms with Crippen molar-refractivity contribution in [3.63, 3.8) is 0 Å². The van der Waals surface area contributed by atoms with Crippen LogP contribution in [0, 0.1) is 10.1 Å². The normalized spacial score (nSPS) is 17.7. The summed E-state index contributed by atoms with van der Waals surface area (Å²) in [5, 5.41) is 11.2. The first kappa shape index (κ1) is 20.7. The smallest absolute Gasteiger partial charge is 0.410 e. The van der Waals surface area contributed by atoms with Crippen molar-refractivity contribution in [2.75, 3.05) is 19.6 Å². The van der Waals surface area contributed by atoms with Crippen LogP contribution in [-0.4, -0.2) is 54.3 Å². The minimum absolute atomic E-state index is 0.0226. The molecule has 1 heterocycles. The molecule has 0 spiro atoms. The number of rotatable bonds is 5. The van der Waals surface area contributed by atoms with Gasteiger partial charge in [-0.25, -0.2) is 13.2 Å². The number of nitro benzene ring substituents is 1. The van der Waals surface area contributed by atoms with Gasteiger partial charge >= 0.3 is 6.09 Å². The zero-order valence-electron chi connectivity index (χ0n) is 15.8. The van der Waals surface area contributed by atoms with Crippen LogP contribution in [0.4, 0.5) is 10.5 Å². The topological polar surface area (TPSA) is 110 Å². The van der Waals surface area contributed by atoms with Gasteiger partial charge in [0, 0.05) is 31.7 Å². The molecule has 0 N–H and O–H groups in total. The third-order valence-corrected chi connectivity index (χ3v) is 6.62. The fourth-order valence-corrected chi connectivity index (χ4v) is 4.85. The monoisotopic (exact) mass is 419 g/mol. The summed E-state index contributed by atoms with van der Waals surface area (Å²) < 4.78 is 32.4. The Bertz CT molecular complexity index is 996. The average molecular weight is 419 g/mol. The lowest BCUT2D eigenvalue weighted by atomic mass is 10.2. The Morgan fingerprint density at radius 1 is 1.14 bits per heavy atom. The molecule has 0 bridgehead atoms. The number of nitro groups is 1. The molecular weight excluding hydrogens is 398 g/mol. The molecule has 3 rings (SSSR count). The fourth-order valence-electron chi connectivity index (χ4n) is 3.18.